The third kappa shape index (κ3) is 4.56. The summed E-state index contributed by atoms with van der Waals surface area (Å²) in [7, 11) is -3.13. The Bertz CT molecular complexity index is 492. The van der Waals surface area contributed by atoms with Gasteiger partial charge < -0.3 is 10.1 Å². The molecule has 0 radical (unpaired) electrons. The van der Waals surface area contributed by atoms with Crippen LogP contribution in [0.15, 0.2) is 12.2 Å². The summed E-state index contributed by atoms with van der Waals surface area (Å²) in [6.07, 6.45) is 11.4. The van der Waals surface area contributed by atoms with Crippen LogP contribution in [0.2, 0.25) is 0 Å². The normalized spacial score (nSPS) is 29.0. The zero-order valence-electron chi connectivity index (χ0n) is 14.0. The van der Waals surface area contributed by atoms with Gasteiger partial charge in [-0.05, 0) is 57.4 Å². The van der Waals surface area contributed by atoms with Gasteiger partial charge >= 0.3 is 0 Å². The summed E-state index contributed by atoms with van der Waals surface area (Å²) in [5.74, 6) is 0.754. The van der Waals surface area contributed by atoms with Crippen molar-refractivity contribution < 1.29 is 13.2 Å². The molecule has 2 fully saturated rings. The number of sulfonamides is 1. The molecule has 0 aromatic rings. The van der Waals surface area contributed by atoms with Crippen molar-refractivity contribution in [2.75, 3.05) is 32.8 Å². The van der Waals surface area contributed by atoms with Gasteiger partial charge in [-0.15, -0.1) is 0 Å². The summed E-state index contributed by atoms with van der Waals surface area (Å²) in [6, 6.07) is 0.474. The van der Waals surface area contributed by atoms with E-state index in [0.29, 0.717) is 45.2 Å². The van der Waals surface area contributed by atoms with E-state index < -0.39 is 10.0 Å². The van der Waals surface area contributed by atoms with Crippen molar-refractivity contribution in [3.63, 3.8) is 0 Å². The van der Waals surface area contributed by atoms with Crippen LogP contribution in [-0.4, -0.2) is 56.9 Å². The van der Waals surface area contributed by atoms with Crippen LogP contribution >= 0.6 is 0 Å². The van der Waals surface area contributed by atoms with Gasteiger partial charge in [-0.2, -0.15) is 0 Å². The second-order valence-electron chi connectivity index (χ2n) is 7.09. The molecule has 2 heterocycles. The molecule has 3 aliphatic rings. The van der Waals surface area contributed by atoms with Crippen LogP contribution in [-0.2, 0) is 14.8 Å². The van der Waals surface area contributed by atoms with E-state index in [0.717, 1.165) is 25.3 Å². The molecule has 132 valence electrons. The van der Waals surface area contributed by atoms with Crippen LogP contribution < -0.4 is 5.32 Å². The molecule has 2 saturated heterocycles. The third-order valence-corrected chi connectivity index (χ3v) is 7.88. The van der Waals surface area contributed by atoms with E-state index in [2.05, 4.69) is 17.5 Å². The first-order chi connectivity index (χ1) is 11.2. The summed E-state index contributed by atoms with van der Waals surface area (Å²) in [5, 5.41) is 3.44. The van der Waals surface area contributed by atoms with Crippen LogP contribution in [0.3, 0.4) is 0 Å². The van der Waals surface area contributed by atoms with E-state index >= 15 is 0 Å². The maximum atomic E-state index is 12.7. The van der Waals surface area contributed by atoms with Crippen molar-refractivity contribution in [2.24, 2.45) is 5.92 Å². The number of nitrogens with zero attached hydrogens (tertiary/aromatic N) is 1. The molecule has 0 saturated carbocycles. The fraction of sp³-hybridized carbons (Fsp3) is 0.882. The molecule has 1 N–H and O–H groups in total. The van der Waals surface area contributed by atoms with E-state index in [4.69, 9.17) is 4.74 Å². The largest absolute Gasteiger partial charge is 0.381 e. The molecule has 0 aromatic heterocycles. The lowest BCUT2D eigenvalue weighted by Crippen LogP contribution is -2.49. The van der Waals surface area contributed by atoms with Crippen LogP contribution in [0.5, 0.6) is 0 Å². The highest BCUT2D eigenvalue weighted by molar-refractivity contribution is 7.89. The lowest BCUT2D eigenvalue weighted by Gasteiger charge is -2.35. The van der Waals surface area contributed by atoms with Gasteiger partial charge in [0.2, 0.25) is 10.0 Å². The number of rotatable bonds is 5. The lowest BCUT2D eigenvalue weighted by atomic mass is 9.94. The zero-order valence-corrected chi connectivity index (χ0v) is 14.8. The van der Waals surface area contributed by atoms with Crippen molar-refractivity contribution in [3.8, 4) is 0 Å². The van der Waals surface area contributed by atoms with Gasteiger partial charge in [-0.25, -0.2) is 12.7 Å². The van der Waals surface area contributed by atoms with Gasteiger partial charge in [0.05, 0.1) is 5.25 Å². The summed E-state index contributed by atoms with van der Waals surface area (Å²) in [5.41, 5.74) is 0. The van der Waals surface area contributed by atoms with Crippen molar-refractivity contribution in [1.82, 2.24) is 9.62 Å². The van der Waals surface area contributed by atoms with Crippen molar-refractivity contribution in [3.05, 3.63) is 12.2 Å². The fourth-order valence-corrected chi connectivity index (χ4v) is 5.80. The minimum absolute atomic E-state index is 0.227. The predicted octanol–water partition coefficient (Wildman–Crippen LogP) is 1.91. The van der Waals surface area contributed by atoms with E-state index in [1.807, 2.05) is 0 Å². The average Bonchev–Trinajstić information content (AvgIpc) is 2.62. The monoisotopic (exact) mass is 342 g/mol. The van der Waals surface area contributed by atoms with Gasteiger partial charge in [0.15, 0.2) is 0 Å². The number of allylic oxidation sites excluding steroid dienone is 2. The Kier molecular flexibility index (Phi) is 6.13. The number of hydrogen-bond donors (Lipinski definition) is 1. The molecular weight excluding hydrogens is 312 g/mol. The predicted molar refractivity (Wildman–Crippen MR) is 91.8 cm³/mol. The molecule has 0 aromatic carbocycles. The highest BCUT2D eigenvalue weighted by Gasteiger charge is 2.35. The minimum atomic E-state index is -3.13. The molecule has 1 atom stereocenters. The van der Waals surface area contributed by atoms with Gasteiger partial charge in [0, 0.05) is 32.3 Å². The van der Waals surface area contributed by atoms with Crippen LogP contribution in [0.25, 0.3) is 0 Å². The standard InChI is InChI=1S/C17H30N2O3S/c20-23(21,17-8-12-22-13-9-17)19-10-6-16(7-11-19)18-14-15-4-2-1-3-5-15/h1-2,15-18H,3-14H2/t15-/m0/s1. The number of ether oxygens (including phenoxy) is 1. The molecular formula is C17H30N2O3S. The Morgan fingerprint density at radius 3 is 2.43 bits per heavy atom. The smallest absolute Gasteiger partial charge is 0.217 e. The molecule has 5 nitrogen and oxygen atoms in total. The third-order valence-electron chi connectivity index (χ3n) is 5.48. The molecule has 2 aliphatic heterocycles. The Morgan fingerprint density at radius 1 is 1.04 bits per heavy atom. The molecule has 0 bridgehead atoms. The molecule has 6 heteroatoms. The van der Waals surface area contributed by atoms with Crippen molar-refractivity contribution in [2.45, 2.75) is 56.2 Å². The molecule has 1 aliphatic carbocycles. The average molecular weight is 343 g/mol. The molecule has 0 amide bonds. The van der Waals surface area contributed by atoms with E-state index in [1.165, 1.54) is 19.3 Å². The van der Waals surface area contributed by atoms with E-state index in [9.17, 15) is 8.42 Å². The van der Waals surface area contributed by atoms with Gasteiger partial charge in [0.25, 0.3) is 0 Å². The Balaban J connectivity index is 1.43. The van der Waals surface area contributed by atoms with Crippen LogP contribution in [0.1, 0.15) is 44.9 Å². The second kappa shape index (κ2) is 8.10. The quantitative estimate of drug-likeness (QED) is 0.776. The minimum Gasteiger partial charge on any atom is -0.381 e. The van der Waals surface area contributed by atoms with Gasteiger partial charge in [-0.1, -0.05) is 12.2 Å². The first kappa shape index (κ1) is 17.4. The SMILES string of the molecule is O=S(=O)(C1CCOCC1)N1CCC(NC[C@H]2CC=CCC2)CC1. The van der Waals surface area contributed by atoms with Crippen LogP contribution in [0.4, 0.5) is 0 Å². The second-order valence-corrected chi connectivity index (χ2v) is 9.30. The Labute approximate surface area is 140 Å². The van der Waals surface area contributed by atoms with Gasteiger partial charge in [0.1, 0.15) is 0 Å². The summed E-state index contributed by atoms with van der Waals surface area (Å²) in [4.78, 5) is 0. The molecule has 0 spiro atoms. The summed E-state index contributed by atoms with van der Waals surface area (Å²) >= 11 is 0. The highest BCUT2D eigenvalue weighted by atomic mass is 32.2. The first-order valence-corrected chi connectivity index (χ1v) is 10.6. The Morgan fingerprint density at radius 2 is 1.78 bits per heavy atom. The fourth-order valence-electron chi connectivity index (χ4n) is 3.87. The molecule has 0 unspecified atom stereocenters. The van der Waals surface area contributed by atoms with E-state index in [1.54, 1.807) is 4.31 Å². The Hall–Kier alpha value is -0.430. The number of hydrogen-bond acceptors (Lipinski definition) is 4. The summed E-state index contributed by atoms with van der Waals surface area (Å²) < 4.78 is 32.4. The van der Waals surface area contributed by atoms with Gasteiger partial charge in [-0.3, -0.25) is 0 Å². The van der Waals surface area contributed by atoms with Crippen molar-refractivity contribution >= 4 is 10.0 Å². The zero-order chi connectivity index (χ0) is 16.1. The lowest BCUT2D eigenvalue weighted by molar-refractivity contribution is 0.0968. The molecule has 23 heavy (non-hydrogen) atoms. The van der Waals surface area contributed by atoms with Crippen molar-refractivity contribution in [1.29, 1.82) is 0 Å². The maximum Gasteiger partial charge on any atom is 0.217 e. The number of piperidine rings is 1. The topological polar surface area (TPSA) is 58.6 Å². The summed E-state index contributed by atoms with van der Waals surface area (Å²) in [6.45, 7) is 3.57. The first-order valence-electron chi connectivity index (χ1n) is 9.11. The highest BCUT2D eigenvalue weighted by Crippen LogP contribution is 2.24. The maximum absolute atomic E-state index is 12.7. The van der Waals surface area contributed by atoms with E-state index in [-0.39, 0.29) is 5.25 Å². The number of nitrogens with one attached hydrogen (secondary N) is 1. The molecule has 3 rings (SSSR count). The van der Waals surface area contributed by atoms with Crippen LogP contribution in [0, 0.1) is 5.92 Å².